The number of benzene rings is 2. The molecule has 2 aromatic carbocycles. The smallest absolute Gasteiger partial charge is 0.232 e. The van der Waals surface area contributed by atoms with Crippen LogP contribution >= 0.6 is 0 Å². The quantitative estimate of drug-likeness (QED) is 0.562. The van der Waals surface area contributed by atoms with E-state index in [-0.39, 0.29) is 11.8 Å². The van der Waals surface area contributed by atoms with Crippen LogP contribution in [0.4, 0.5) is 5.69 Å². The normalized spacial score (nSPS) is 16.5. The van der Waals surface area contributed by atoms with Gasteiger partial charge in [-0.2, -0.15) is 4.98 Å². The van der Waals surface area contributed by atoms with Crippen molar-refractivity contribution in [3.05, 3.63) is 60.0 Å². The third-order valence-electron chi connectivity index (χ3n) is 5.24. The van der Waals surface area contributed by atoms with E-state index < -0.39 is 0 Å². The third kappa shape index (κ3) is 4.37. The molecule has 4 rings (SSSR count). The lowest BCUT2D eigenvalue weighted by molar-refractivity contribution is -0.117. The summed E-state index contributed by atoms with van der Waals surface area (Å²) in [5.74, 6) is 2.31. The number of nitrogens with zero attached hydrogens (tertiary/aromatic N) is 3. The molecule has 1 aliphatic rings. The Labute approximate surface area is 176 Å². The monoisotopic (exact) mass is 405 g/mol. The molecule has 2 heterocycles. The zero-order valence-electron chi connectivity index (χ0n) is 17.7. The summed E-state index contributed by atoms with van der Waals surface area (Å²) >= 11 is 0. The number of aryl methyl sites for hydroxylation is 1. The number of carbonyl (C=O) groups is 1. The molecule has 30 heavy (non-hydrogen) atoms. The van der Waals surface area contributed by atoms with Crippen LogP contribution in [0.5, 0.6) is 5.75 Å². The zero-order chi connectivity index (χ0) is 21.1. The summed E-state index contributed by atoms with van der Waals surface area (Å²) in [6.45, 7) is 7.57. The zero-order valence-corrected chi connectivity index (χ0v) is 17.7. The average molecular weight is 405 g/mol. The molecule has 0 radical (unpaired) electrons. The topological polar surface area (TPSA) is 68.5 Å². The van der Waals surface area contributed by atoms with Crippen LogP contribution in [0.25, 0.3) is 11.4 Å². The maximum atomic E-state index is 12.6. The Balaban J connectivity index is 1.46. The summed E-state index contributed by atoms with van der Waals surface area (Å²) in [5.41, 5.74) is 3.00. The van der Waals surface area contributed by atoms with Crippen molar-refractivity contribution in [3.63, 3.8) is 0 Å². The molecule has 1 aliphatic heterocycles. The number of anilines is 1. The molecule has 1 saturated heterocycles. The van der Waals surface area contributed by atoms with E-state index >= 15 is 0 Å². The van der Waals surface area contributed by atoms with Crippen LogP contribution < -0.4 is 9.64 Å². The van der Waals surface area contributed by atoms with E-state index in [9.17, 15) is 4.79 Å². The lowest BCUT2D eigenvalue weighted by Crippen LogP contribution is -2.24. The van der Waals surface area contributed by atoms with Gasteiger partial charge in [0.2, 0.25) is 17.6 Å². The molecule has 156 valence electrons. The fourth-order valence-corrected chi connectivity index (χ4v) is 3.55. The molecule has 0 aliphatic carbocycles. The molecule has 0 saturated carbocycles. The summed E-state index contributed by atoms with van der Waals surface area (Å²) in [6, 6.07) is 15.8. The van der Waals surface area contributed by atoms with Gasteiger partial charge in [-0.3, -0.25) is 4.79 Å². The summed E-state index contributed by atoms with van der Waals surface area (Å²) in [7, 11) is 0. The molecule has 6 heteroatoms. The van der Waals surface area contributed by atoms with Gasteiger partial charge in [-0.15, -0.1) is 0 Å². The largest absolute Gasteiger partial charge is 0.493 e. The Morgan fingerprint density at radius 3 is 2.73 bits per heavy atom. The fourth-order valence-electron chi connectivity index (χ4n) is 3.55. The minimum Gasteiger partial charge on any atom is -0.493 e. The maximum Gasteiger partial charge on any atom is 0.232 e. The molecule has 3 aromatic rings. The Morgan fingerprint density at radius 1 is 1.20 bits per heavy atom. The minimum atomic E-state index is -0.0994. The van der Waals surface area contributed by atoms with Gasteiger partial charge in [-0.05, 0) is 54.3 Å². The third-order valence-corrected chi connectivity index (χ3v) is 5.24. The van der Waals surface area contributed by atoms with Crippen molar-refractivity contribution in [1.29, 1.82) is 0 Å². The Kier molecular flexibility index (Phi) is 5.84. The van der Waals surface area contributed by atoms with Crippen LogP contribution in [0.3, 0.4) is 0 Å². The summed E-state index contributed by atoms with van der Waals surface area (Å²) in [4.78, 5) is 19.0. The Morgan fingerprint density at radius 2 is 2.00 bits per heavy atom. The number of ether oxygens (including phenoxy) is 1. The number of aromatic nitrogens is 2. The van der Waals surface area contributed by atoms with Crippen molar-refractivity contribution >= 4 is 11.6 Å². The molecule has 0 bridgehead atoms. The highest BCUT2D eigenvalue weighted by Gasteiger charge is 2.35. The van der Waals surface area contributed by atoms with Gasteiger partial charge >= 0.3 is 0 Å². The van der Waals surface area contributed by atoms with Crippen molar-refractivity contribution in [3.8, 4) is 17.1 Å². The van der Waals surface area contributed by atoms with Crippen molar-refractivity contribution in [2.45, 2.75) is 39.5 Å². The molecule has 6 nitrogen and oxygen atoms in total. The van der Waals surface area contributed by atoms with Crippen molar-refractivity contribution in [2.75, 3.05) is 18.1 Å². The van der Waals surface area contributed by atoms with E-state index in [2.05, 4.69) is 43.0 Å². The van der Waals surface area contributed by atoms with Gasteiger partial charge in [0.25, 0.3) is 0 Å². The van der Waals surface area contributed by atoms with Crippen LogP contribution in [0.2, 0.25) is 0 Å². The number of hydrogen-bond donors (Lipinski definition) is 0. The van der Waals surface area contributed by atoms with E-state index in [1.54, 1.807) is 0 Å². The van der Waals surface area contributed by atoms with Crippen LogP contribution in [0.1, 0.15) is 44.6 Å². The van der Waals surface area contributed by atoms with Crippen molar-refractivity contribution in [1.82, 2.24) is 10.1 Å². The lowest BCUT2D eigenvalue weighted by Gasteiger charge is -2.16. The van der Waals surface area contributed by atoms with Crippen LogP contribution in [0, 0.1) is 5.92 Å². The number of hydrogen-bond acceptors (Lipinski definition) is 5. The van der Waals surface area contributed by atoms with Gasteiger partial charge < -0.3 is 14.2 Å². The van der Waals surface area contributed by atoms with Gasteiger partial charge in [0.15, 0.2) is 0 Å². The van der Waals surface area contributed by atoms with E-state index in [0.29, 0.717) is 37.2 Å². The molecule has 1 unspecified atom stereocenters. The molecular formula is C24H27N3O3. The second-order valence-electron chi connectivity index (χ2n) is 8.11. The highest BCUT2D eigenvalue weighted by molar-refractivity contribution is 5.96. The summed E-state index contributed by atoms with van der Waals surface area (Å²) in [6.07, 6.45) is 1.31. The van der Waals surface area contributed by atoms with Gasteiger partial charge in [0.1, 0.15) is 5.75 Å². The molecule has 1 atom stereocenters. The molecule has 0 N–H and O–H groups in total. The fraction of sp³-hybridized carbons (Fsp3) is 0.375. The first kappa shape index (κ1) is 20.1. The molecule has 1 amide bonds. The predicted molar refractivity (Wildman–Crippen MR) is 116 cm³/mol. The van der Waals surface area contributed by atoms with Gasteiger partial charge in [0.05, 0.1) is 12.5 Å². The van der Waals surface area contributed by atoms with E-state index in [4.69, 9.17) is 9.26 Å². The van der Waals surface area contributed by atoms with Crippen LogP contribution in [-0.4, -0.2) is 29.2 Å². The molecule has 1 aromatic heterocycles. The average Bonchev–Trinajstić information content (AvgIpc) is 3.39. The van der Waals surface area contributed by atoms with Crippen LogP contribution in [-0.2, 0) is 11.2 Å². The van der Waals surface area contributed by atoms with Gasteiger partial charge in [0, 0.05) is 24.2 Å². The highest BCUT2D eigenvalue weighted by Crippen LogP contribution is 2.32. The van der Waals surface area contributed by atoms with Crippen molar-refractivity contribution in [2.24, 2.45) is 5.92 Å². The first-order valence-corrected chi connectivity index (χ1v) is 10.5. The summed E-state index contributed by atoms with van der Waals surface area (Å²) in [5, 5.41) is 4.13. The van der Waals surface area contributed by atoms with E-state index in [1.165, 1.54) is 5.56 Å². The number of amides is 1. The second kappa shape index (κ2) is 8.69. The SMILES string of the molecule is CCc1cccc(N2CC(c3nc(-c4ccc(OCC(C)C)cc4)no3)CC2=O)c1. The predicted octanol–water partition coefficient (Wildman–Crippen LogP) is 4.85. The van der Waals surface area contributed by atoms with Gasteiger partial charge in [-0.25, -0.2) is 0 Å². The molecule has 1 fully saturated rings. The molecular weight excluding hydrogens is 378 g/mol. The van der Waals surface area contributed by atoms with Crippen molar-refractivity contribution < 1.29 is 14.1 Å². The Hall–Kier alpha value is -3.15. The number of carbonyl (C=O) groups excluding carboxylic acids is 1. The number of rotatable bonds is 7. The summed E-state index contributed by atoms with van der Waals surface area (Å²) < 4.78 is 11.2. The van der Waals surface area contributed by atoms with E-state index in [1.807, 2.05) is 41.3 Å². The lowest BCUT2D eigenvalue weighted by atomic mass is 10.1. The van der Waals surface area contributed by atoms with Crippen LogP contribution in [0.15, 0.2) is 53.1 Å². The van der Waals surface area contributed by atoms with E-state index in [0.717, 1.165) is 23.4 Å². The standard InChI is InChI=1S/C24H27N3O3/c1-4-17-6-5-7-20(12-17)27-14-19(13-22(27)28)24-25-23(26-30-24)18-8-10-21(11-9-18)29-15-16(2)3/h5-12,16,19H,4,13-15H2,1-3H3. The molecule has 0 spiro atoms. The van der Waals surface area contributed by atoms with Gasteiger partial charge in [-0.1, -0.05) is 38.1 Å². The highest BCUT2D eigenvalue weighted by atomic mass is 16.5. The first-order chi connectivity index (χ1) is 14.5. The maximum absolute atomic E-state index is 12.6. The second-order valence-corrected chi connectivity index (χ2v) is 8.11. The minimum absolute atomic E-state index is 0.0830. The first-order valence-electron chi connectivity index (χ1n) is 10.5. The Bertz CT molecular complexity index is 1010.